The van der Waals surface area contributed by atoms with Gasteiger partial charge in [-0.15, -0.1) is 0 Å². The molecule has 0 aromatic heterocycles. The maximum atomic E-state index is 13.1. The lowest BCUT2D eigenvalue weighted by Gasteiger charge is -2.22. The SMILES string of the molecule is COc1cc(F)ccc1C1(C(N)C(=O)O)CC1. The van der Waals surface area contributed by atoms with E-state index in [1.54, 1.807) is 6.07 Å². The van der Waals surface area contributed by atoms with Gasteiger partial charge in [0, 0.05) is 17.0 Å². The standard InChI is InChI=1S/C12H14FNO3/c1-17-9-6-7(13)2-3-8(9)12(4-5-12)10(14)11(15)16/h2-3,6,10H,4-5,14H2,1H3,(H,15,16). The third kappa shape index (κ3) is 1.86. The fraction of sp³-hybridized carbons (Fsp3) is 0.417. The first-order chi connectivity index (χ1) is 8.01. The summed E-state index contributed by atoms with van der Waals surface area (Å²) in [6.45, 7) is 0. The Kier molecular flexibility index (Phi) is 2.79. The zero-order chi connectivity index (χ0) is 12.6. The molecule has 0 bridgehead atoms. The number of methoxy groups -OCH3 is 1. The van der Waals surface area contributed by atoms with Gasteiger partial charge in [0.15, 0.2) is 0 Å². The van der Waals surface area contributed by atoms with Gasteiger partial charge < -0.3 is 15.6 Å². The van der Waals surface area contributed by atoms with Gasteiger partial charge in [-0.3, -0.25) is 4.79 Å². The molecule has 0 saturated heterocycles. The van der Waals surface area contributed by atoms with Crippen LogP contribution in [0.3, 0.4) is 0 Å². The fourth-order valence-electron chi connectivity index (χ4n) is 2.20. The van der Waals surface area contributed by atoms with Gasteiger partial charge in [0.05, 0.1) is 7.11 Å². The van der Waals surface area contributed by atoms with Crippen molar-refractivity contribution in [2.75, 3.05) is 7.11 Å². The van der Waals surface area contributed by atoms with Crippen molar-refractivity contribution in [1.29, 1.82) is 0 Å². The molecule has 0 aliphatic heterocycles. The minimum Gasteiger partial charge on any atom is -0.496 e. The Balaban J connectivity index is 2.43. The minimum atomic E-state index is -1.05. The molecule has 1 unspecified atom stereocenters. The van der Waals surface area contributed by atoms with Gasteiger partial charge in [0.1, 0.15) is 17.6 Å². The van der Waals surface area contributed by atoms with E-state index < -0.39 is 23.2 Å². The van der Waals surface area contributed by atoms with Gasteiger partial charge in [0.25, 0.3) is 0 Å². The van der Waals surface area contributed by atoms with E-state index >= 15 is 0 Å². The van der Waals surface area contributed by atoms with Crippen LogP contribution in [0.15, 0.2) is 18.2 Å². The molecular formula is C12H14FNO3. The molecule has 0 spiro atoms. The zero-order valence-electron chi connectivity index (χ0n) is 9.44. The van der Waals surface area contributed by atoms with E-state index in [-0.39, 0.29) is 0 Å². The number of ether oxygens (including phenoxy) is 1. The van der Waals surface area contributed by atoms with E-state index in [0.717, 1.165) is 0 Å². The van der Waals surface area contributed by atoms with Crippen LogP contribution >= 0.6 is 0 Å². The smallest absolute Gasteiger partial charge is 0.321 e. The largest absolute Gasteiger partial charge is 0.496 e. The first-order valence-electron chi connectivity index (χ1n) is 5.33. The average Bonchev–Trinajstić information content (AvgIpc) is 3.09. The second kappa shape index (κ2) is 4.00. The van der Waals surface area contributed by atoms with Gasteiger partial charge in [-0.2, -0.15) is 0 Å². The highest BCUT2D eigenvalue weighted by Gasteiger charge is 2.53. The molecule has 1 aliphatic rings. The molecule has 1 aromatic carbocycles. The van der Waals surface area contributed by atoms with Crippen LogP contribution < -0.4 is 10.5 Å². The van der Waals surface area contributed by atoms with Crippen LogP contribution in [0.1, 0.15) is 18.4 Å². The van der Waals surface area contributed by atoms with Crippen molar-refractivity contribution in [1.82, 2.24) is 0 Å². The number of halogens is 1. The molecule has 1 fully saturated rings. The van der Waals surface area contributed by atoms with Crippen molar-refractivity contribution < 1.29 is 19.0 Å². The highest BCUT2D eigenvalue weighted by Crippen LogP contribution is 2.53. The second-order valence-corrected chi connectivity index (χ2v) is 4.32. The predicted octanol–water partition coefficient (Wildman–Crippen LogP) is 1.28. The van der Waals surface area contributed by atoms with Gasteiger partial charge in [-0.25, -0.2) is 4.39 Å². The molecule has 92 valence electrons. The van der Waals surface area contributed by atoms with Crippen molar-refractivity contribution in [3.05, 3.63) is 29.6 Å². The summed E-state index contributed by atoms with van der Waals surface area (Å²) in [5, 5.41) is 9.00. The van der Waals surface area contributed by atoms with Crippen molar-refractivity contribution in [2.45, 2.75) is 24.3 Å². The number of carbonyl (C=O) groups is 1. The van der Waals surface area contributed by atoms with E-state index in [9.17, 15) is 9.18 Å². The fourth-order valence-corrected chi connectivity index (χ4v) is 2.20. The normalized spacial score (nSPS) is 18.5. The van der Waals surface area contributed by atoms with Crippen LogP contribution in [0.25, 0.3) is 0 Å². The number of carboxylic acids is 1. The molecule has 1 atom stereocenters. The highest BCUT2D eigenvalue weighted by atomic mass is 19.1. The molecule has 1 aliphatic carbocycles. The van der Waals surface area contributed by atoms with Crippen molar-refractivity contribution in [2.24, 2.45) is 5.73 Å². The van der Waals surface area contributed by atoms with Crippen LogP contribution in [0.4, 0.5) is 4.39 Å². The Morgan fingerprint density at radius 2 is 2.24 bits per heavy atom. The van der Waals surface area contributed by atoms with E-state index in [1.165, 1.54) is 19.2 Å². The summed E-state index contributed by atoms with van der Waals surface area (Å²) in [5.41, 5.74) is 5.77. The second-order valence-electron chi connectivity index (χ2n) is 4.32. The number of benzene rings is 1. The predicted molar refractivity (Wildman–Crippen MR) is 59.5 cm³/mol. The molecule has 3 N–H and O–H groups in total. The molecule has 1 aromatic rings. The number of rotatable bonds is 4. The molecule has 17 heavy (non-hydrogen) atoms. The van der Waals surface area contributed by atoms with E-state index in [4.69, 9.17) is 15.6 Å². The summed E-state index contributed by atoms with van der Waals surface area (Å²) in [7, 11) is 1.43. The Hall–Kier alpha value is -1.62. The van der Waals surface area contributed by atoms with Crippen LogP contribution in [0, 0.1) is 5.82 Å². The molecule has 0 radical (unpaired) electrons. The van der Waals surface area contributed by atoms with Crippen molar-refractivity contribution in [3.63, 3.8) is 0 Å². The van der Waals surface area contributed by atoms with E-state index in [0.29, 0.717) is 24.2 Å². The highest BCUT2D eigenvalue weighted by molar-refractivity contribution is 5.77. The van der Waals surface area contributed by atoms with Gasteiger partial charge in [0.2, 0.25) is 0 Å². The molecular weight excluding hydrogens is 225 g/mol. The van der Waals surface area contributed by atoms with Crippen LogP contribution in [-0.4, -0.2) is 24.2 Å². The summed E-state index contributed by atoms with van der Waals surface area (Å²) in [5.74, 6) is -1.10. The molecule has 2 rings (SSSR count). The van der Waals surface area contributed by atoms with Crippen LogP contribution in [-0.2, 0) is 10.2 Å². The quantitative estimate of drug-likeness (QED) is 0.830. The Morgan fingerprint density at radius 1 is 1.59 bits per heavy atom. The number of hydrogen-bond donors (Lipinski definition) is 2. The topological polar surface area (TPSA) is 72.5 Å². The Bertz CT molecular complexity index is 457. The molecule has 4 nitrogen and oxygen atoms in total. The van der Waals surface area contributed by atoms with E-state index in [1.807, 2.05) is 0 Å². The monoisotopic (exact) mass is 239 g/mol. The summed E-state index contributed by atoms with van der Waals surface area (Å²) in [4.78, 5) is 11.0. The maximum Gasteiger partial charge on any atom is 0.321 e. The number of nitrogens with two attached hydrogens (primary N) is 1. The lowest BCUT2D eigenvalue weighted by molar-refractivity contribution is -0.139. The number of carboxylic acid groups (broad SMARTS) is 1. The average molecular weight is 239 g/mol. The minimum absolute atomic E-state index is 0.360. The summed E-state index contributed by atoms with van der Waals surface area (Å²) >= 11 is 0. The summed E-state index contributed by atoms with van der Waals surface area (Å²) < 4.78 is 18.2. The first kappa shape index (κ1) is 11.9. The van der Waals surface area contributed by atoms with Crippen molar-refractivity contribution >= 4 is 5.97 Å². The van der Waals surface area contributed by atoms with Gasteiger partial charge >= 0.3 is 5.97 Å². The first-order valence-corrected chi connectivity index (χ1v) is 5.33. The lowest BCUT2D eigenvalue weighted by Crippen LogP contribution is -2.42. The van der Waals surface area contributed by atoms with Crippen molar-refractivity contribution in [3.8, 4) is 5.75 Å². The summed E-state index contributed by atoms with van der Waals surface area (Å²) in [6, 6.07) is 3.13. The molecule has 5 heteroatoms. The van der Waals surface area contributed by atoms with E-state index in [2.05, 4.69) is 0 Å². The third-order valence-electron chi connectivity index (χ3n) is 3.35. The van der Waals surface area contributed by atoms with Gasteiger partial charge in [-0.05, 0) is 18.9 Å². The third-order valence-corrected chi connectivity index (χ3v) is 3.35. The van der Waals surface area contributed by atoms with Crippen LogP contribution in [0.2, 0.25) is 0 Å². The molecule has 0 heterocycles. The Morgan fingerprint density at radius 3 is 2.71 bits per heavy atom. The number of aliphatic carboxylic acids is 1. The Labute approximate surface area is 98.2 Å². The summed E-state index contributed by atoms with van der Waals surface area (Å²) in [6.07, 6.45) is 1.37. The molecule has 1 saturated carbocycles. The zero-order valence-corrected chi connectivity index (χ0v) is 9.44. The number of hydrogen-bond acceptors (Lipinski definition) is 3. The van der Waals surface area contributed by atoms with Crippen LogP contribution in [0.5, 0.6) is 5.75 Å². The molecule has 0 amide bonds. The van der Waals surface area contributed by atoms with Gasteiger partial charge in [-0.1, -0.05) is 6.07 Å². The maximum absolute atomic E-state index is 13.1. The lowest BCUT2D eigenvalue weighted by atomic mass is 9.87.